The molecule has 3 nitrogen and oxygen atoms in total. The third kappa shape index (κ3) is 4.98. The lowest BCUT2D eigenvalue weighted by Crippen LogP contribution is -2.41. The van der Waals surface area contributed by atoms with E-state index in [1.807, 2.05) is 0 Å². The average Bonchev–Trinajstić information content (AvgIpc) is 2.44. The molecule has 21 heavy (non-hydrogen) atoms. The number of rotatable bonds is 3. The number of likely N-dealkylation sites (tertiary alicyclic amines) is 1. The second kappa shape index (κ2) is 7.13. The van der Waals surface area contributed by atoms with Crippen molar-refractivity contribution in [3.8, 4) is 0 Å². The van der Waals surface area contributed by atoms with Crippen LogP contribution in [0.2, 0.25) is 0 Å². The van der Waals surface area contributed by atoms with Crippen molar-refractivity contribution in [2.75, 3.05) is 13.1 Å². The van der Waals surface area contributed by atoms with Crippen molar-refractivity contribution in [1.29, 1.82) is 0 Å². The topological polar surface area (TPSA) is 46.3 Å². The van der Waals surface area contributed by atoms with Crippen LogP contribution in [0.25, 0.3) is 0 Å². The summed E-state index contributed by atoms with van der Waals surface area (Å²) in [6.45, 7) is 8.89. The fourth-order valence-corrected chi connectivity index (χ4v) is 4.08. The Morgan fingerprint density at radius 1 is 1.14 bits per heavy atom. The number of nitrogens with two attached hydrogens (primary N) is 1. The maximum absolute atomic E-state index is 12.4. The van der Waals surface area contributed by atoms with E-state index >= 15 is 0 Å². The lowest BCUT2D eigenvalue weighted by molar-refractivity contribution is -0.133. The van der Waals surface area contributed by atoms with Gasteiger partial charge in [-0.3, -0.25) is 4.79 Å². The highest BCUT2D eigenvalue weighted by Crippen LogP contribution is 2.34. The van der Waals surface area contributed by atoms with Crippen LogP contribution in [0.3, 0.4) is 0 Å². The van der Waals surface area contributed by atoms with Crippen molar-refractivity contribution in [1.82, 2.24) is 4.90 Å². The molecular formula is C18H34N2O. The number of carbonyl (C=O) groups is 1. The number of piperidine rings is 1. The third-order valence-corrected chi connectivity index (χ3v) is 5.66. The fraction of sp³-hybridized carbons (Fsp3) is 0.944. The molecule has 1 amide bonds. The van der Waals surface area contributed by atoms with E-state index < -0.39 is 0 Å². The zero-order valence-electron chi connectivity index (χ0n) is 14.2. The van der Waals surface area contributed by atoms with E-state index in [0.29, 0.717) is 23.3 Å². The first-order valence-electron chi connectivity index (χ1n) is 8.89. The summed E-state index contributed by atoms with van der Waals surface area (Å²) in [5.41, 5.74) is 6.42. The van der Waals surface area contributed by atoms with Crippen LogP contribution in [0.4, 0.5) is 0 Å². The normalized spacial score (nSPS) is 28.7. The number of nitrogens with zero attached hydrogens (tertiary/aromatic N) is 1. The van der Waals surface area contributed by atoms with Crippen LogP contribution in [0.15, 0.2) is 0 Å². The zero-order chi connectivity index (χ0) is 15.5. The van der Waals surface area contributed by atoms with Gasteiger partial charge in [0.05, 0.1) is 0 Å². The van der Waals surface area contributed by atoms with Gasteiger partial charge in [0.25, 0.3) is 0 Å². The van der Waals surface area contributed by atoms with Gasteiger partial charge in [-0.15, -0.1) is 0 Å². The van der Waals surface area contributed by atoms with E-state index in [9.17, 15) is 4.79 Å². The maximum Gasteiger partial charge on any atom is 0.222 e. The molecule has 1 heterocycles. The van der Waals surface area contributed by atoms with Gasteiger partial charge in [-0.1, -0.05) is 33.6 Å². The van der Waals surface area contributed by atoms with Gasteiger partial charge in [0.15, 0.2) is 0 Å². The average molecular weight is 294 g/mol. The van der Waals surface area contributed by atoms with Crippen LogP contribution in [0.1, 0.15) is 72.1 Å². The summed E-state index contributed by atoms with van der Waals surface area (Å²) in [4.78, 5) is 14.5. The minimum absolute atomic E-state index is 0.376. The molecule has 0 spiro atoms. The van der Waals surface area contributed by atoms with Gasteiger partial charge < -0.3 is 10.6 Å². The van der Waals surface area contributed by atoms with E-state index in [1.165, 1.54) is 32.1 Å². The number of carbonyl (C=O) groups excluding carboxylic acids is 1. The lowest BCUT2D eigenvalue weighted by Gasteiger charge is -2.39. The summed E-state index contributed by atoms with van der Waals surface area (Å²) in [6.07, 6.45) is 8.94. The third-order valence-electron chi connectivity index (χ3n) is 5.66. The molecule has 0 aromatic rings. The van der Waals surface area contributed by atoms with E-state index in [2.05, 4.69) is 25.7 Å². The van der Waals surface area contributed by atoms with Crippen molar-refractivity contribution >= 4 is 5.91 Å². The highest BCUT2D eigenvalue weighted by molar-refractivity contribution is 5.76. The highest BCUT2D eigenvalue weighted by atomic mass is 16.2. The van der Waals surface area contributed by atoms with Gasteiger partial charge >= 0.3 is 0 Å². The summed E-state index contributed by atoms with van der Waals surface area (Å²) in [7, 11) is 0. The van der Waals surface area contributed by atoms with Crippen LogP contribution in [0, 0.1) is 17.3 Å². The molecule has 3 heteroatoms. The maximum atomic E-state index is 12.4. The molecule has 2 rings (SSSR count). The molecule has 1 saturated heterocycles. The molecule has 1 aliphatic heterocycles. The fourth-order valence-electron chi connectivity index (χ4n) is 4.08. The molecule has 0 radical (unpaired) electrons. The number of hydrogen-bond acceptors (Lipinski definition) is 2. The summed E-state index contributed by atoms with van der Waals surface area (Å²) in [6, 6.07) is 0.376. The smallest absolute Gasteiger partial charge is 0.222 e. The predicted octanol–water partition coefficient (Wildman–Crippen LogP) is 3.57. The first-order valence-corrected chi connectivity index (χ1v) is 8.89. The second-order valence-electron chi connectivity index (χ2n) is 8.35. The first-order chi connectivity index (χ1) is 9.86. The first kappa shape index (κ1) is 16.8. The molecule has 2 N–H and O–H groups in total. The standard InChI is InChI=1S/C18H34N2O/c1-18(2,3)15-9-11-20(12-10-15)17(21)8-7-14-5-4-6-16(19)13-14/h14-16H,4-13,19H2,1-3H3. The van der Waals surface area contributed by atoms with Crippen LogP contribution in [0.5, 0.6) is 0 Å². The summed E-state index contributed by atoms with van der Waals surface area (Å²) in [5, 5.41) is 0. The molecule has 1 saturated carbocycles. The summed E-state index contributed by atoms with van der Waals surface area (Å²) < 4.78 is 0. The van der Waals surface area contributed by atoms with Crippen molar-refractivity contribution in [2.24, 2.45) is 23.0 Å². The van der Waals surface area contributed by atoms with Crippen molar-refractivity contribution in [3.63, 3.8) is 0 Å². The van der Waals surface area contributed by atoms with Crippen LogP contribution >= 0.6 is 0 Å². The van der Waals surface area contributed by atoms with Crippen LogP contribution in [-0.4, -0.2) is 29.9 Å². The van der Waals surface area contributed by atoms with Gasteiger partial charge in [0.1, 0.15) is 0 Å². The molecule has 2 atom stereocenters. The lowest BCUT2D eigenvalue weighted by atomic mass is 9.75. The molecule has 0 bridgehead atoms. The summed E-state index contributed by atoms with van der Waals surface area (Å²) >= 11 is 0. The Morgan fingerprint density at radius 2 is 1.81 bits per heavy atom. The minimum atomic E-state index is 0.376. The van der Waals surface area contributed by atoms with E-state index in [1.54, 1.807) is 0 Å². The quantitative estimate of drug-likeness (QED) is 0.865. The Labute approximate surface area is 130 Å². The van der Waals surface area contributed by atoms with E-state index in [4.69, 9.17) is 5.73 Å². The van der Waals surface area contributed by atoms with E-state index in [0.717, 1.165) is 38.3 Å². The van der Waals surface area contributed by atoms with Gasteiger partial charge in [-0.25, -0.2) is 0 Å². The Bertz CT molecular complexity index is 340. The molecule has 0 aromatic heterocycles. The van der Waals surface area contributed by atoms with Crippen molar-refractivity contribution in [2.45, 2.75) is 78.2 Å². The van der Waals surface area contributed by atoms with Gasteiger partial charge in [-0.2, -0.15) is 0 Å². The largest absolute Gasteiger partial charge is 0.343 e. The minimum Gasteiger partial charge on any atom is -0.343 e. The molecule has 122 valence electrons. The zero-order valence-corrected chi connectivity index (χ0v) is 14.2. The molecule has 2 unspecified atom stereocenters. The Kier molecular flexibility index (Phi) is 5.70. The monoisotopic (exact) mass is 294 g/mol. The van der Waals surface area contributed by atoms with E-state index in [-0.39, 0.29) is 0 Å². The Hall–Kier alpha value is -0.570. The van der Waals surface area contributed by atoms with Crippen LogP contribution < -0.4 is 5.73 Å². The second-order valence-corrected chi connectivity index (χ2v) is 8.35. The SMILES string of the molecule is CC(C)(C)C1CCN(C(=O)CCC2CCCC(N)C2)CC1. The van der Waals surface area contributed by atoms with Gasteiger partial charge in [0.2, 0.25) is 5.91 Å². The van der Waals surface area contributed by atoms with Crippen LogP contribution in [-0.2, 0) is 4.79 Å². The predicted molar refractivity (Wildman–Crippen MR) is 87.9 cm³/mol. The molecule has 2 fully saturated rings. The Morgan fingerprint density at radius 3 is 2.38 bits per heavy atom. The summed E-state index contributed by atoms with van der Waals surface area (Å²) in [5.74, 6) is 1.82. The van der Waals surface area contributed by atoms with Gasteiger partial charge in [-0.05, 0) is 49.4 Å². The van der Waals surface area contributed by atoms with Crippen molar-refractivity contribution < 1.29 is 4.79 Å². The Balaban J connectivity index is 1.70. The number of hydrogen-bond donors (Lipinski definition) is 1. The molecular weight excluding hydrogens is 260 g/mol. The van der Waals surface area contributed by atoms with Crippen molar-refractivity contribution in [3.05, 3.63) is 0 Å². The van der Waals surface area contributed by atoms with Gasteiger partial charge in [0, 0.05) is 25.6 Å². The molecule has 2 aliphatic rings. The molecule has 0 aromatic carbocycles. The molecule has 1 aliphatic carbocycles. The highest BCUT2D eigenvalue weighted by Gasteiger charge is 2.30. The number of amides is 1.